The van der Waals surface area contributed by atoms with Crippen LogP contribution < -0.4 is 10.2 Å². The van der Waals surface area contributed by atoms with Crippen molar-refractivity contribution in [3.63, 3.8) is 0 Å². The second kappa shape index (κ2) is 8.70. The molecule has 33 heavy (non-hydrogen) atoms. The van der Waals surface area contributed by atoms with E-state index in [-0.39, 0.29) is 11.4 Å². The largest absolute Gasteiger partial charge is 0.478 e. The van der Waals surface area contributed by atoms with Gasteiger partial charge in [-0.1, -0.05) is 6.07 Å². The summed E-state index contributed by atoms with van der Waals surface area (Å²) in [7, 11) is -7.81. The molecule has 13 nitrogen and oxygen atoms in total. The van der Waals surface area contributed by atoms with Crippen molar-refractivity contribution >= 4 is 49.2 Å². The first-order valence-electron chi connectivity index (χ1n) is 8.88. The molecule has 0 fully saturated rings. The number of hydrogen-bond donors (Lipinski definition) is 4. The van der Waals surface area contributed by atoms with Crippen LogP contribution in [0, 0.1) is 0 Å². The molecule has 15 heteroatoms. The van der Waals surface area contributed by atoms with Gasteiger partial charge in [-0.25, -0.2) is 4.79 Å². The van der Waals surface area contributed by atoms with Crippen LogP contribution in [-0.4, -0.2) is 56.0 Å². The van der Waals surface area contributed by atoms with E-state index in [2.05, 4.69) is 15.5 Å². The smallest absolute Gasteiger partial charge is 0.335 e. The monoisotopic (exact) mass is 496 g/mol. The number of carbonyl (C=O) groups is 2. The molecule has 2 aromatic carbocycles. The van der Waals surface area contributed by atoms with Crippen LogP contribution in [0.5, 0.6) is 0 Å². The van der Waals surface area contributed by atoms with E-state index in [0.717, 1.165) is 29.3 Å². The number of carboxylic acids is 1. The molecule has 174 valence electrons. The van der Waals surface area contributed by atoms with E-state index in [9.17, 15) is 40.6 Å². The van der Waals surface area contributed by atoms with Gasteiger partial charge in [0.15, 0.2) is 6.04 Å². The topological polar surface area (TPSA) is 203 Å². The lowest BCUT2D eigenvalue weighted by molar-refractivity contribution is -0.133. The summed E-state index contributed by atoms with van der Waals surface area (Å²) in [6.07, 6.45) is 0.908. The Morgan fingerprint density at radius 1 is 1.06 bits per heavy atom. The first kappa shape index (κ1) is 24.0. The average molecular weight is 496 g/mol. The van der Waals surface area contributed by atoms with E-state index in [1.165, 1.54) is 31.3 Å². The van der Waals surface area contributed by atoms with Crippen LogP contribution in [-0.2, 0) is 29.8 Å². The lowest BCUT2D eigenvalue weighted by atomic mass is 10.1. The Bertz CT molecular complexity index is 1420. The van der Waals surface area contributed by atoms with Gasteiger partial charge in [0.05, 0.1) is 10.5 Å². The lowest BCUT2D eigenvalue weighted by Gasteiger charge is -2.15. The molecule has 0 spiro atoms. The number of hydrogen-bond acceptors (Lipinski definition) is 9. The van der Waals surface area contributed by atoms with Crippen LogP contribution in [0.2, 0.25) is 0 Å². The molecule has 0 saturated carbocycles. The minimum absolute atomic E-state index is 0.0661. The zero-order valence-electron chi connectivity index (χ0n) is 16.6. The summed E-state index contributed by atoms with van der Waals surface area (Å²) >= 11 is 0. The molecular weight excluding hydrogens is 480 g/mol. The van der Waals surface area contributed by atoms with Crippen LogP contribution in [0.1, 0.15) is 0 Å². The number of carboxylic acid groups (broad SMARTS) is 1. The number of rotatable bonds is 7. The molecule has 0 saturated heterocycles. The Hall–Kier alpha value is -3.66. The standard InChI is InChI=1S/C18H16N4O9S2/c1-19-10-5-6-14(15(7-10)33(29,30)31)20-21-16-13(18(24)25)9-22(17(16)23)11-3-2-4-12(8-11)32(26,27)28/h2-9,16,19H,1H3,(H,24,25)(H,26,27,28)(H,29,30,31). The molecule has 3 rings (SSSR count). The number of benzene rings is 2. The van der Waals surface area contributed by atoms with Gasteiger partial charge in [-0.2, -0.15) is 27.1 Å². The Morgan fingerprint density at radius 2 is 1.76 bits per heavy atom. The molecule has 1 aliphatic heterocycles. The zero-order valence-corrected chi connectivity index (χ0v) is 18.3. The molecule has 0 aromatic heterocycles. The summed E-state index contributed by atoms with van der Waals surface area (Å²) in [6.45, 7) is 0. The molecule has 2 aromatic rings. The predicted octanol–water partition coefficient (Wildman–Crippen LogP) is 1.69. The van der Waals surface area contributed by atoms with Crippen LogP contribution >= 0.6 is 0 Å². The van der Waals surface area contributed by atoms with E-state index in [4.69, 9.17) is 0 Å². The molecular formula is C18H16N4O9S2. The second-order valence-corrected chi connectivity index (χ2v) is 9.41. The number of aliphatic carboxylic acids is 1. The Morgan fingerprint density at radius 3 is 2.33 bits per heavy atom. The van der Waals surface area contributed by atoms with Crippen molar-refractivity contribution in [3.05, 3.63) is 54.2 Å². The molecule has 1 amide bonds. The second-order valence-electron chi connectivity index (χ2n) is 6.60. The fraction of sp³-hybridized carbons (Fsp3) is 0.111. The quantitative estimate of drug-likeness (QED) is 0.322. The van der Waals surface area contributed by atoms with Crippen molar-refractivity contribution in [1.29, 1.82) is 0 Å². The van der Waals surface area contributed by atoms with E-state index in [1.807, 2.05) is 0 Å². The van der Waals surface area contributed by atoms with Gasteiger partial charge in [-0.15, -0.1) is 0 Å². The van der Waals surface area contributed by atoms with Crippen LogP contribution in [0.15, 0.2) is 74.3 Å². The number of anilines is 2. The maximum absolute atomic E-state index is 12.9. The summed E-state index contributed by atoms with van der Waals surface area (Å²) in [6, 6.07) is 6.54. The van der Waals surface area contributed by atoms with Gasteiger partial charge in [-0.3, -0.25) is 18.8 Å². The van der Waals surface area contributed by atoms with E-state index in [0.29, 0.717) is 5.69 Å². The third kappa shape index (κ3) is 5.06. The van der Waals surface area contributed by atoms with Crippen molar-refractivity contribution in [2.75, 3.05) is 17.3 Å². The Labute approximate surface area is 187 Å². The number of amides is 1. The number of carbonyl (C=O) groups excluding carboxylic acids is 1. The normalized spacial score (nSPS) is 16.8. The molecule has 0 radical (unpaired) electrons. The molecule has 1 atom stereocenters. The minimum Gasteiger partial charge on any atom is -0.478 e. The predicted molar refractivity (Wildman–Crippen MR) is 114 cm³/mol. The summed E-state index contributed by atoms with van der Waals surface area (Å²) in [5, 5.41) is 19.5. The van der Waals surface area contributed by atoms with Crippen molar-refractivity contribution in [1.82, 2.24) is 0 Å². The minimum atomic E-state index is -4.73. The van der Waals surface area contributed by atoms with Gasteiger partial charge in [0.1, 0.15) is 10.6 Å². The van der Waals surface area contributed by atoms with Gasteiger partial charge < -0.3 is 10.4 Å². The number of nitrogens with zero attached hydrogens (tertiary/aromatic N) is 3. The molecule has 4 N–H and O–H groups in total. The maximum atomic E-state index is 12.9. The van der Waals surface area contributed by atoms with E-state index >= 15 is 0 Å². The van der Waals surface area contributed by atoms with Crippen molar-refractivity contribution in [3.8, 4) is 0 Å². The summed E-state index contributed by atoms with van der Waals surface area (Å²) < 4.78 is 64.8. The van der Waals surface area contributed by atoms with Crippen molar-refractivity contribution < 1.29 is 40.6 Å². The highest BCUT2D eigenvalue weighted by Gasteiger charge is 2.39. The van der Waals surface area contributed by atoms with Gasteiger partial charge in [-0.05, 0) is 36.4 Å². The fourth-order valence-electron chi connectivity index (χ4n) is 2.90. The highest BCUT2D eigenvalue weighted by Crippen LogP contribution is 2.31. The summed E-state index contributed by atoms with van der Waals surface area (Å²) in [4.78, 5) is 24.2. The third-order valence-corrected chi connectivity index (χ3v) is 6.21. The molecule has 1 heterocycles. The Balaban J connectivity index is 2.02. The molecule has 1 unspecified atom stereocenters. The first-order chi connectivity index (χ1) is 15.3. The van der Waals surface area contributed by atoms with Gasteiger partial charge >= 0.3 is 5.97 Å². The van der Waals surface area contributed by atoms with Crippen molar-refractivity contribution in [2.24, 2.45) is 10.2 Å². The van der Waals surface area contributed by atoms with Crippen LogP contribution in [0.25, 0.3) is 0 Å². The third-order valence-electron chi connectivity index (χ3n) is 4.48. The molecule has 1 aliphatic rings. The number of nitrogens with one attached hydrogen (secondary N) is 1. The van der Waals surface area contributed by atoms with Gasteiger partial charge in [0.2, 0.25) is 0 Å². The maximum Gasteiger partial charge on any atom is 0.335 e. The van der Waals surface area contributed by atoms with E-state index < -0.39 is 53.5 Å². The fourth-order valence-corrected chi connectivity index (χ4v) is 4.07. The van der Waals surface area contributed by atoms with Crippen LogP contribution in [0.3, 0.4) is 0 Å². The number of azo groups is 1. The summed E-state index contributed by atoms with van der Waals surface area (Å²) in [5.41, 5.74) is -0.611. The van der Waals surface area contributed by atoms with Crippen LogP contribution in [0.4, 0.5) is 17.1 Å². The van der Waals surface area contributed by atoms with Gasteiger partial charge in [0, 0.05) is 24.6 Å². The molecule has 0 aliphatic carbocycles. The average Bonchev–Trinajstić information content (AvgIpc) is 3.07. The first-order valence-corrected chi connectivity index (χ1v) is 11.8. The molecule has 0 bridgehead atoms. The van der Waals surface area contributed by atoms with Crippen molar-refractivity contribution in [2.45, 2.75) is 15.8 Å². The Kier molecular flexibility index (Phi) is 6.33. The lowest BCUT2D eigenvalue weighted by Crippen LogP contribution is -2.29. The SMILES string of the molecule is CNc1ccc(N=NC2C(=O)N(c3cccc(S(=O)(=O)O)c3)C=C2C(=O)O)c(S(=O)(=O)O)c1. The van der Waals surface area contributed by atoms with E-state index in [1.54, 1.807) is 0 Å². The highest BCUT2D eigenvalue weighted by molar-refractivity contribution is 7.86. The highest BCUT2D eigenvalue weighted by atomic mass is 32.2. The van der Waals surface area contributed by atoms with Gasteiger partial charge in [0.25, 0.3) is 26.1 Å². The zero-order chi connectivity index (χ0) is 24.6. The summed E-state index contributed by atoms with van der Waals surface area (Å²) in [5.74, 6) is -2.45.